The summed E-state index contributed by atoms with van der Waals surface area (Å²) < 4.78 is 0. The van der Waals surface area contributed by atoms with Crippen LogP contribution in [-0.4, -0.2) is 9.97 Å². The molecule has 17 heavy (non-hydrogen) atoms. The number of anilines is 1. The zero-order valence-corrected chi connectivity index (χ0v) is 9.35. The van der Waals surface area contributed by atoms with Crippen LogP contribution in [0.15, 0.2) is 54.9 Å². The maximum Gasteiger partial charge on any atom is 0.125 e. The van der Waals surface area contributed by atoms with Crippen molar-refractivity contribution in [3.63, 3.8) is 0 Å². The van der Waals surface area contributed by atoms with Crippen LogP contribution in [-0.2, 0) is 6.54 Å². The number of H-pyrrole nitrogens is 1. The van der Waals surface area contributed by atoms with Gasteiger partial charge in [-0.1, -0.05) is 30.3 Å². The molecule has 2 N–H and O–H groups in total. The number of imidazole rings is 1. The molecule has 1 aromatic heterocycles. The molecule has 1 heterocycles. The number of aromatic amines is 1. The number of hydrogen-bond acceptors (Lipinski definition) is 2. The minimum absolute atomic E-state index is 0.714. The number of nitrogens with one attached hydrogen (secondary N) is 2. The average molecular weight is 223 g/mol. The highest BCUT2D eigenvalue weighted by Crippen LogP contribution is 2.18. The van der Waals surface area contributed by atoms with Gasteiger partial charge in [0.15, 0.2) is 0 Å². The van der Waals surface area contributed by atoms with E-state index in [4.69, 9.17) is 0 Å². The van der Waals surface area contributed by atoms with Gasteiger partial charge in [-0.05, 0) is 22.9 Å². The van der Waals surface area contributed by atoms with E-state index in [1.165, 1.54) is 10.8 Å². The molecule has 0 radical (unpaired) electrons. The minimum atomic E-state index is 0.714. The molecule has 0 saturated carbocycles. The largest absolute Gasteiger partial charge is 0.378 e. The summed E-state index contributed by atoms with van der Waals surface area (Å²) in [7, 11) is 0. The molecule has 0 spiro atoms. The van der Waals surface area contributed by atoms with Crippen molar-refractivity contribution in [3.05, 3.63) is 60.7 Å². The molecule has 0 bridgehead atoms. The summed E-state index contributed by atoms with van der Waals surface area (Å²) in [5.74, 6) is 0.943. The minimum Gasteiger partial charge on any atom is -0.378 e. The van der Waals surface area contributed by atoms with Gasteiger partial charge in [-0.25, -0.2) is 4.98 Å². The normalized spacial score (nSPS) is 10.6. The number of rotatable bonds is 3. The quantitative estimate of drug-likeness (QED) is 0.716. The van der Waals surface area contributed by atoms with Gasteiger partial charge in [0.2, 0.25) is 0 Å². The predicted molar refractivity (Wildman–Crippen MR) is 69.9 cm³/mol. The van der Waals surface area contributed by atoms with Crippen molar-refractivity contribution in [1.29, 1.82) is 0 Å². The molecule has 3 nitrogen and oxygen atoms in total. The molecule has 3 heteroatoms. The van der Waals surface area contributed by atoms with Crippen LogP contribution in [0.1, 0.15) is 5.82 Å². The van der Waals surface area contributed by atoms with Crippen molar-refractivity contribution in [3.8, 4) is 0 Å². The molecule has 0 aliphatic heterocycles. The monoisotopic (exact) mass is 223 g/mol. The van der Waals surface area contributed by atoms with Gasteiger partial charge in [-0.15, -0.1) is 0 Å². The van der Waals surface area contributed by atoms with Gasteiger partial charge in [0, 0.05) is 18.1 Å². The van der Waals surface area contributed by atoms with Crippen molar-refractivity contribution >= 4 is 16.5 Å². The third-order valence-corrected chi connectivity index (χ3v) is 2.76. The molecule has 3 rings (SSSR count). The second-order valence-corrected chi connectivity index (χ2v) is 3.95. The summed E-state index contributed by atoms with van der Waals surface area (Å²) >= 11 is 0. The molecule has 0 fully saturated rings. The molecule has 0 amide bonds. The zero-order valence-electron chi connectivity index (χ0n) is 9.35. The first-order chi connectivity index (χ1) is 8.42. The van der Waals surface area contributed by atoms with Crippen molar-refractivity contribution in [2.24, 2.45) is 0 Å². The van der Waals surface area contributed by atoms with Gasteiger partial charge in [-0.3, -0.25) is 0 Å². The zero-order chi connectivity index (χ0) is 11.5. The van der Waals surface area contributed by atoms with E-state index in [0.29, 0.717) is 6.54 Å². The fraction of sp³-hybridized carbons (Fsp3) is 0.0714. The van der Waals surface area contributed by atoms with E-state index in [2.05, 4.69) is 57.7 Å². The molecule has 3 aromatic rings. The van der Waals surface area contributed by atoms with Crippen LogP contribution in [0.3, 0.4) is 0 Å². The Kier molecular flexibility index (Phi) is 2.50. The van der Waals surface area contributed by atoms with Gasteiger partial charge in [-0.2, -0.15) is 0 Å². The van der Waals surface area contributed by atoms with Crippen molar-refractivity contribution in [1.82, 2.24) is 9.97 Å². The van der Waals surface area contributed by atoms with Gasteiger partial charge in [0.1, 0.15) is 5.82 Å². The van der Waals surface area contributed by atoms with E-state index < -0.39 is 0 Å². The third-order valence-electron chi connectivity index (χ3n) is 2.76. The van der Waals surface area contributed by atoms with Crippen LogP contribution >= 0.6 is 0 Å². The Morgan fingerprint density at radius 1 is 1.06 bits per heavy atom. The van der Waals surface area contributed by atoms with E-state index in [0.717, 1.165) is 11.5 Å². The molecular formula is C14H13N3. The number of nitrogens with zero attached hydrogens (tertiary/aromatic N) is 1. The van der Waals surface area contributed by atoms with Gasteiger partial charge < -0.3 is 10.3 Å². The maximum atomic E-state index is 4.18. The lowest BCUT2D eigenvalue weighted by Crippen LogP contribution is -2.00. The maximum absolute atomic E-state index is 4.18. The summed E-state index contributed by atoms with van der Waals surface area (Å²) in [4.78, 5) is 7.25. The van der Waals surface area contributed by atoms with Crippen LogP contribution in [0.5, 0.6) is 0 Å². The molecule has 0 saturated heterocycles. The number of benzene rings is 2. The van der Waals surface area contributed by atoms with E-state index in [-0.39, 0.29) is 0 Å². The third kappa shape index (κ3) is 2.13. The molecule has 0 unspecified atom stereocenters. The standard InChI is InChI=1S/C14H13N3/c1-2-4-12-9-13(6-5-11(12)3-1)17-10-14-15-7-8-16-14/h1-9,17H,10H2,(H,15,16). The first kappa shape index (κ1) is 9.90. The Hall–Kier alpha value is -2.29. The number of hydrogen-bond donors (Lipinski definition) is 2. The summed E-state index contributed by atoms with van der Waals surface area (Å²) in [6.07, 6.45) is 3.59. The van der Waals surface area contributed by atoms with E-state index in [1.807, 2.05) is 6.20 Å². The summed E-state index contributed by atoms with van der Waals surface area (Å²) in [5.41, 5.74) is 1.11. The second kappa shape index (κ2) is 4.29. The average Bonchev–Trinajstić information content (AvgIpc) is 2.89. The van der Waals surface area contributed by atoms with Gasteiger partial charge >= 0.3 is 0 Å². The number of aromatic nitrogens is 2. The van der Waals surface area contributed by atoms with Crippen LogP contribution in [0.25, 0.3) is 10.8 Å². The SMILES string of the molecule is c1ccc2cc(NCc3ncc[nH]3)ccc2c1. The van der Waals surface area contributed by atoms with E-state index >= 15 is 0 Å². The van der Waals surface area contributed by atoms with Crippen LogP contribution in [0, 0.1) is 0 Å². The Labute approximate surface area is 99.5 Å². The number of fused-ring (bicyclic) bond motifs is 1. The summed E-state index contributed by atoms with van der Waals surface area (Å²) in [6, 6.07) is 14.7. The van der Waals surface area contributed by atoms with Crippen molar-refractivity contribution in [2.75, 3.05) is 5.32 Å². The van der Waals surface area contributed by atoms with Gasteiger partial charge in [0.05, 0.1) is 6.54 Å². The van der Waals surface area contributed by atoms with E-state index in [9.17, 15) is 0 Å². The van der Waals surface area contributed by atoms with Crippen molar-refractivity contribution < 1.29 is 0 Å². The fourth-order valence-corrected chi connectivity index (χ4v) is 1.88. The second-order valence-electron chi connectivity index (χ2n) is 3.95. The molecule has 84 valence electrons. The molecular weight excluding hydrogens is 210 g/mol. The Morgan fingerprint density at radius 3 is 2.76 bits per heavy atom. The fourth-order valence-electron chi connectivity index (χ4n) is 1.88. The van der Waals surface area contributed by atoms with E-state index in [1.54, 1.807) is 6.20 Å². The molecule has 0 aliphatic rings. The smallest absolute Gasteiger partial charge is 0.125 e. The van der Waals surface area contributed by atoms with Crippen LogP contribution < -0.4 is 5.32 Å². The first-order valence-corrected chi connectivity index (χ1v) is 5.63. The van der Waals surface area contributed by atoms with Crippen molar-refractivity contribution in [2.45, 2.75) is 6.54 Å². The lowest BCUT2D eigenvalue weighted by Gasteiger charge is -2.05. The molecule has 0 atom stereocenters. The van der Waals surface area contributed by atoms with Crippen LogP contribution in [0.4, 0.5) is 5.69 Å². The van der Waals surface area contributed by atoms with Gasteiger partial charge in [0.25, 0.3) is 0 Å². The highest BCUT2D eigenvalue weighted by Gasteiger charge is 1.97. The lowest BCUT2D eigenvalue weighted by molar-refractivity contribution is 1.00. The lowest BCUT2D eigenvalue weighted by atomic mass is 10.1. The Morgan fingerprint density at radius 2 is 1.94 bits per heavy atom. The molecule has 0 aliphatic carbocycles. The predicted octanol–water partition coefficient (Wildman–Crippen LogP) is 3.18. The highest BCUT2D eigenvalue weighted by atomic mass is 15.0. The highest BCUT2D eigenvalue weighted by molar-refractivity contribution is 5.85. The molecule has 2 aromatic carbocycles. The first-order valence-electron chi connectivity index (χ1n) is 5.63. The summed E-state index contributed by atoms with van der Waals surface area (Å²) in [5, 5.41) is 5.85. The topological polar surface area (TPSA) is 40.7 Å². The summed E-state index contributed by atoms with van der Waals surface area (Å²) in [6.45, 7) is 0.714. The van der Waals surface area contributed by atoms with Crippen LogP contribution in [0.2, 0.25) is 0 Å². The Balaban J connectivity index is 1.81. The Bertz CT molecular complexity index is 614.